The lowest BCUT2D eigenvalue weighted by atomic mass is 10.1. The molecule has 24 heavy (non-hydrogen) atoms. The van der Waals surface area contributed by atoms with Crippen molar-refractivity contribution in [2.45, 2.75) is 38.1 Å². The predicted molar refractivity (Wildman–Crippen MR) is 89.3 cm³/mol. The number of nitrogens with zero attached hydrogens (tertiary/aromatic N) is 3. The summed E-state index contributed by atoms with van der Waals surface area (Å²) in [5.74, 6) is 0.194. The van der Waals surface area contributed by atoms with Gasteiger partial charge in [-0.25, -0.2) is 0 Å². The third-order valence-corrected chi connectivity index (χ3v) is 4.76. The maximum Gasteiger partial charge on any atom is 0.245 e. The Hall–Kier alpha value is -1.95. The topological polar surface area (TPSA) is 62.7 Å². The van der Waals surface area contributed by atoms with E-state index in [1.165, 1.54) is 0 Å². The van der Waals surface area contributed by atoms with Crippen molar-refractivity contribution in [2.75, 3.05) is 32.8 Å². The van der Waals surface area contributed by atoms with Crippen molar-refractivity contribution >= 4 is 11.8 Å². The van der Waals surface area contributed by atoms with Crippen LogP contribution in [0.1, 0.15) is 31.2 Å². The van der Waals surface area contributed by atoms with Gasteiger partial charge >= 0.3 is 0 Å². The van der Waals surface area contributed by atoms with E-state index < -0.39 is 0 Å². The molecular formula is C18H25N3O3. The van der Waals surface area contributed by atoms with Crippen molar-refractivity contribution in [3.63, 3.8) is 0 Å². The highest BCUT2D eigenvalue weighted by Crippen LogP contribution is 2.21. The third kappa shape index (κ3) is 4.12. The second-order valence-corrected chi connectivity index (χ2v) is 6.40. The fraction of sp³-hybridized carbons (Fsp3) is 0.611. The number of rotatable bonds is 5. The Bertz CT molecular complexity index is 558. The molecule has 6 heteroatoms. The van der Waals surface area contributed by atoms with E-state index >= 15 is 0 Å². The molecule has 2 aliphatic rings. The number of carbonyl (C=O) groups excluding carboxylic acids is 2. The first-order valence-electron chi connectivity index (χ1n) is 8.80. The van der Waals surface area contributed by atoms with Gasteiger partial charge in [0.15, 0.2) is 0 Å². The summed E-state index contributed by atoms with van der Waals surface area (Å²) in [5.41, 5.74) is 1.15. The number of hydrogen-bond acceptors (Lipinski definition) is 4. The fourth-order valence-corrected chi connectivity index (χ4v) is 3.45. The van der Waals surface area contributed by atoms with Gasteiger partial charge in [-0.05, 0) is 37.3 Å². The number of amides is 2. The predicted octanol–water partition coefficient (Wildman–Crippen LogP) is 1.25. The Balaban J connectivity index is 1.50. The van der Waals surface area contributed by atoms with Crippen LogP contribution in [0.3, 0.4) is 0 Å². The number of likely N-dealkylation sites (tertiary alicyclic amines) is 1. The van der Waals surface area contributed by atoms with E-state index in [0.717, 1.165) is 31.2 Å². The van der Waals surface area contributed by atoms with Crippen LogP contribution in [-0.2, 0) is 20.7 Å². The Labute approximate surface area is 142 Å². The summed E-state index contributed by atoms with van der Waals surface area (Å²) < 4.78 is 5.30. The van der Waals surface area contributed by atoms with Gasteiger partial charge in [0.1, 0.15) is 6.04 Å². The van der Waals surface area contributed by atoms with Crippen molar-refractivity contribution in [1.82, 2.24) is 14.8 Å². The van der Waals surface area contributed by atoms with Crippen molar-refractivity contribution in [3.05, 3.63) is 30.1 Å². The summed E-state index contributed by atoms with van der Waals surface area (Å²) in [5, 5.41) is 0. The number of aromatic nitrogens is 1. The van der Waals surface area contributed by atoms with E-state index in [0.29, 0.717) is 39.3 Å². The molecule has 0 N–H and O–H groups in total. The second kappa shape index (κ2) is 8.24. The molecule has 1 unspecified atom stereocenters. The maximum absolute atomic E-state index is 12.7. The lowest BCUT2D eigenvalue weighted by Gasteiger charge is -2.32. The SMILES string of the molecule is O=C(C1CCCN1C(=O)CCCc1cccnc1)N1CCOCC1. The van der Waals surface area contributed by atoms with Gasteiger partial charge in [-0.2, -0.15) is 0 Å². The fourth-order valence-electron chi connectivity index (χ4n) is 3.45. The molecule has 0 spiro atoms. The highest BCUT2D eigenvalue weighted by molar-refractivity contribution is 5.88. The van der Waals surface area contributed by atoms with Crippen LogP contribution >= 0.6 is 0 Å². The molecule has 1 aromatic heterocycles. The van der Waals surface area contributed by atoms with Crippen LogP contribution in [0.25, 0.3) is 0 Å². The van der Waals surface area contributed by atoms with Crippen molar-refractivity contribution < 1.29 is 14.3 Å². The van der Waals surface area contributed by atoms with Crippen molar-refractivity contribution in [2.24, 2.45) is 0 Å². The van der Waals surface area contributed by atoms with E-state index in [1.807, 2.05) is 23.2 Å². The summed E-state index contributed by atoms with van der Waals surface area (Å²) in [6, 6.07) is 3.67. The molecule has 130 valence electrons. The number of pyridine rings is 1. The lowest BCUT2D eigenvalue weighted by molar-refractivity contribution is -0.146. The number of carbonyl (C=O) groups is 2. The van der Waals surface area contributed by atoms with Crippen molar-refractivity contribution in [1.29, 1.82) is 0 Å². The minimum Gasteiger partial charge on any atom is -0.378 e. The largest absolute Gasteiger partial charge is 0.378 e. The van der Waals surface area contributed by atoms with Gasteiger partial charge in [0, 0.05) is 38.4 Å². The Morgan fingerprint density at radius 3 is 2.83 bits per heavy atom. The molecule has 3 heterocycles. The van der Waals surface area contributed by atoms with E-state index in [4.69, 9.17) is 4.74 Å². The molecule has 0 saturated carbocycles. The summed E-state index contributed by atoms with van der Waals surface area (Å²) in [6.07, 6.45) is 7.40. The summed E-state index contributed by atoms with van der Waals surface area (Å²) >= 11 is 0. The molecule has 2 saturated heterocycles. The molecule has 2 fully saturated rings. The van der Waals surface area contributed by atoms with Gasteiger partial charge in [0.2, 0.25) is 11.8 Å². The highest BCUT2D eigenvalue weighted by atomic mass is 16.5. The molecule has 6 nitrogen and oxygen atoms in total. The minimum absolute atomic E-state index is 0.0939. The molecular weight excluding hydrogens is 306 g/mol. The Morgan fingerprint density at radius 1 is 1.25 bits per heavy atom. The standard InChI is InChI=1S/C18H25N3O3/c22-17(7-1-4-15-5-2-8-19-14-15)21-9-3-6-16(21)18(23)20-10-12-24-13-11-20/h2,5,8,14,16H,1,3-4,6-7,9-13H2. The van der Waals surface area contributed by atoms with Gasteiger partial charge in [0.25, 0.3) is 0 Å². The molecule has 3 rings (SSSR count). The zero-order valence-electron chi connectivity index (χ0n) is 14.0. The van der Waals surface area contributed by atoms with E-state index in [-0.39, 0.29) is 17.9 Å². The third-order valence-electron chi connectivity index (χ3n) is 4.76. The second-order valence-electron chi connectivity index (χ2n) is 6.40. The first-order chi connectivity index (χ1) is 11.8. The van der Waals surface area contributed by atoms with Crippen LogP contribution < -0.4 is 0 Å². The lowest BCUT2D eigenvalue weighted by Crippen LogP contribution is -2.51. The van der Waals surface area contributed by atoms with Crippen LogP contribution in [-0.4, -0.2) is 65.5 Å². The molecule has 1 aromatic rings. The van der Waals surface area contributed by atoms with Crippen LogP contribution in [0.2, 0.25) is 0 Å². The van der Waals surface area contributed by atoms with Gasteiger partial charge in [-0.3, -0.25) is 14.6 Å². The molecule has 0 bridgehead atoms. The monoisotopic (exact) mass is 331 g/mol. The first-order valence-corrected chi connectivity index (χ1v) is 8.80. The van der Waals surface area contributed by atoms with Crippen LogP contribution in [0, 0.1) is 0 Å². The molecule has 2 amide bonds. The van der Waals surface area contributed by atoms with E-state index in [9.17, 15) is 9.59 Å². The highest BCUT2D eigenvalue weighted by Gasteiger charge is 2.36. The number of aryl methyl sites for hydroxylation is 1. The zero-order chi connectivity index (χ0) is 16.8. The normalized spacial score (nSPS) is 21.1. The molecule has 2 aliphatic heterocycles. The van der Waals surface area contributed by atoms with Crippen LogP contribution in [0.4, 0.5) is 0 Å². The van der Waals surface area contributed by atoms with Gasteiger partial charge < -0.3 is 14.5 Å². The molecule has 0 aliphatic carbocycles. The van der Waals surface area contributed by atoms with Crippen LogP contribution in [0.15, 0.2) is 24.5 Å². The molecule has 1 atom stereocenters. The van der Waals surface area contributed by atoms with E-state index in [2.05, 4.69) is 4.98 Å². The molecule has 0 aromatic carbocycles. The maximum atomic E-state index is 12.7. The summed E-state index contributed by atoms with van der Waals surface area (Å²) in [4.78, 5) is 33.0. The summed E-state index contributed by atoms with van der Waals surface area (Å²) in [6.45, 7) is 3.16. The van der Waals surface area contributed by atoms with Crippen molar-refractivity contribution in [3.8, 4) is 0 Å². The average Bonchev–Trinajstić information content (AvgIpc) is 3.12. The smallest absolute Gasteiger partial charge is 0.245 e. The van der Waals surface area contributed by atoms with Crippen LogP contribution in [0.5, 0.6) is 0 Å². The number of hydrogen-bond donors (Lipinski definition) is 0. The molecule has 0 radical (unpaired) electrons. The Kier molecular flexibility index (Phi) is 5.80. The quantitative estimate of drug-likeness (QED) is 0.815. The summed E-state index contributed by atoms with van der Waals surface area (Å²) in [7, 11) is 0. The van der Waals surface area contributed by atoms with Gasteiger partial charge in [-0.15, -0.1) is 0 Å². The van der Waals surface area contributed by atoms with Gasteiger partial charge in [-0.1, -0.05) is 6.07 Å². The number of ether oxygens (including phenoxy) is 1. The number of morpholine rings is 1. The first kappa shape index (κ1) is 16.9. The van der Waals surface area contributed by atoms with Gasteiger partial charge in [0.05, 0.1) is 13.2 Å². The zero-order valence-corrected chi connectivity index (χ0v) is 14.0. The minimum atomic E-state index is -0.269. The average molecular weight is 331 g/mol. The van der Waals surface area contributed by atoms with E-state index in [1.54, 1.807) is 11.1 Å². The Morgan fingerprint density at radius 2 is 2.08 bits per heavy atom.